The van der Waals surface area contributed by atoms with Crippen LogP contribution in [-0.4, -0.2) is 12.6 Å². The molecule has 22 heavy (non-hydrogen) atoms. The minimum atomic E-state index is -0.747. The molecule has 0 radical (unpaired) electrons. The number of rotatable bonds is 9. The van der Waals surface area contributed by atoms with E-state index in [1.165, 1.54) is 19.3 Å². The van der Waals surface area contributed by atoms with Gasteiger partial charge in [0.25, 0.3) is 5.91 Å². The van der Waals surface area contributed by atoms with E-state index in [4.69, 9.17) is 0 Å². The molecule has 2 nitrogen and oxygen atoms in total. The van der Waals surface area contributed by atoms with E-state index in [0.717, 1.165) is 35.5 Å². The lowest BCUT2D eigenvalue weighted by Crippen LogP contribution is -2.26. The molecular formula is C19H28FNO. The summed E-state index contributed by atoms with van der Waals surface area (Å²) in [5.41, 5.74) is 3.54. The van der Waals surface area contributed by atoms with E-state index < -0.39 is 6.67 Å². The number of carbonyl (C=O) groups is 1. The quantitative estimate of drug-likeness (QED) is 0.471. The summed E-state index contributed by atoms with van der Waals surface area (Å²) in [5.74, 6) is 0.600. The van der Waals surface area contributed by atoms with Gasteiger partial charge in [0, 0.05) is 11.3 Å². The van der Waals surface area contributed by atoms with Crippen molar-refractivity contribution >= 4 is 5.91 Å². The number of alkyl halides is 1. The summed E-state index contributed by atoms with van der Waals surface area (Å²) in [6.07, 6.45) is 7.77. The fourth-order valence-electron chi connectivity index (χ4n) is 2.50. The van der Waals surface area contributed by atoms with Crippen molar-refractivity contribution in [3.8, 4) is 0 Å². The van der Waals surface area contributed by atoms with Gasteiger partial charge in [-0.2, -0.15) is 0 Å². The standard InChI is InChI=1S/C19H28FNO/c1-13(2)11-17(8-6-7-16-9-10-16)18(14(3)4)19(22)21-15(5)12-20/h11,16H,1,5-10,12H2,2-4H3,(H,21,22)/b17-11-. The second kappa shape index (κ2) is 8.72. The summed E-state index contributed by atoms with van der Waals surface area (Å²) in [6.45, 7) is 12.4. The third-order valence-electron chi connectivity index (χ3n) is 3.68. The highest BCUT2D eigenvalue weighted by Crippen LogP contribution is 2.35. The van der Waals surface area contributed by atoms with Crippen molar-refractivity contribution in [1.29, 1.82) is 0 Å². The molecule has 3 heteroatoms. The summed E-state index contributed by atoms with van der Waals surface area (Å²) in [4.78, 5) is 12.4. The second-order valence-corrected chi connectivity index (χ2v) is 6.42. The number of hydrogen-bond donors (Lipinski definition) is 1. The first-order valence-corrected chi connectivity index (χ1v) is 7.94. The van der Waals surface area contributed by atoms with E-state index in [1.54, 1.807) is 0 Å². The Balaban J connectivity index is 2.89. The molecular weight excluding hydrogens is 277 g/mol. The van der Waals surface area contributed by atoms with Crippen molar-refractivity contribution in [1.82, 2.24) is 5.32 Å². The fraction of sp³-hybridized carbons (Fsp3) is 0.526. The SMILES string of the molecule is C=C(C)/C=C(/CCCC1CC1)C(C(=O)NC(=C)CF)=C(C)C. The predicted octanol–water partition coefficient (Wildman–Crippen LogP) is 5.01. The molecule has 1 aliphatic carbocycles. The molecule has 1 N–H and O–H groups in total. The third-order valence-corrected chi connectivity index (χ3v) is 3.68. The number of hydrogen-bond acceptors (Lipinski definition) is 1. The number of amides is 1. The molecule has 0 atom stereocenters. The normalized spacial score (nSPS) is 14.5. The Morgan fingerprint density at radius 3 is 2.36 bits per heavy atom. The fourth-order valence-corrected chi connectivity index (χ4v) is 2.50. The molecule has 0 aromatic carbocycles. The van der Waals surface area contributed by atoms with Crippen LogP contribution in [-0.2, 0) is 4.79 Å². The van der Waals surface area contributed by atoms with Gasteiger partial charge in [-0.25, -0.2) is 4.39 Å². The highest BCUT2D eigenvalue weighted by Gasteiger charge is 2.22. The van der Waals surface area contributed by atoms with Crippen LogP contribution in [0.15, 0.2) is 47.2 Å². The Morgan fingerprint density at radius 1 is 1.27 bits per heavy atom. The zero-order valence-corrected chi connectivity index (χ0v) is 14.1. The van der Waals surface area contributed by atoms with E-state index >= 15 is 0 Å². The van der Waals surface area contributed by atoms with Crippen molar-refractivity contribution in [3.63, 3.8) is 0 Å². The molecule has 1 aliphatic rings. The van der Waals surface area contributed by atoms with Crippen LogP contribution in [0.25, 0.3) is 0 Å². The Morgan fingerprint density at radius 2 is 1.91 bits per heavy atom. The van der Waals surface area contributed by atoms with E-state index in [-0.39, 0.29) is 11.6 Å². The lowest BCUT2D eigenvalue weighted by molar-refractivity contribution is -0.116. The van der Waals surface area contributed by atoms with Gasteiger partial charge >= 0.3 is 0 Å². The molecule has 122 valence electrons. The van der Waals surface area contributed by atoms with Crippen molar-refractivity contribution in [2.75, 3.05) is 6.67 Å². The summed E-state index contributed by atoms with van der Waals surface area (Å²) < 4.78 is 12.6. The maximum absolute atomic E-state index is 12.6. The maximum Gasteiger partial charge on any atom is 0.255 e. The monoisotopic (exact) mass is 305 g/mol. The first kappa shape index (κ1) is 18.4. The average molecular weight is 305 g/mol. The van der Waals surface area contributed by atoms with Crippen molar-refractivity contribution in [2.45, 2.75) is 52.9 Å². The van der Waals surface area contributed by atoms with Crippen LogP contribution in [0, 0.1) is 5.92 Å². The van der Waals surface area contributed by atoms with Crippen LogP contribution in [0.3, 0.4) is 0 Å². The molecule has 1 fully saturated rings. The Hall–Kier alpha value is -1.64. The number of carbonyl (C=O) groups excluding carboxylic acids is 1. The van der Waals surface area contributed by atoms with E-state index in [1.807, 2.05) is 26.8 Å². The molecule has 0 spiro atoms. The first-order chi connectivity index (χ1) is 10.3. The van der Waals surface area contributed by atoms with E-state index in [0.29, 0.717) is 5.57 Å². The highest BCUT2D eigenvalue weighted by molar-refractivity contribution is 5.99. The van der Waals surface area contributed by atoms with E-state index in [2.05, 4.69) is 18.5 Å². The van der Waals surface area contributed by atoms with Crippen LogP contribution in [0.4, 0.5) is 4.39 Å². The molecule has 1 amide bonds. The van der Waals surface area contributed by atoms with Gasteiger partial charge in [0.05, 0.1) is 0 Å². The van der Waals surface area contributed by atoms with Crippen LogP contribution >= 0.6 is 0 Å². The summed E-state index contributed by atoms with van der Waals surface area (Å²) in [7, 11) is 0. The molecule has 0 aliphatic heterocycles. The van der Waals surface area contributed by atoms with Gasteiger partial charge in [0.1, 0.15) is 6.67 Å². The van der Waals surface area contributed by atoms with Gasteiger partial charge in [0.15, 0.2) is 0 Å². The van der Waals surface area contributed by atoms with Gasteiger partial charge in [-0.3, -0.25) is 4.79 Å². The van der Waals surface area contributed by atoms with Gasteiger partial charge in [-0.15, -0.1) is 0 Å². The van der Waals surface area contributed by atoms with Crippen molar-refractivity contribution in [3.05, 3.63) is 47.2 Å². The van der Waals surface area contributed by atoms with Gasteiger partial charge < -0.3 is 5.32 Å². The topological polar surface area (TPSA) is 29.1 Å². The molecule has 0 saturated heterocycles. The summed E-state index contributed by atoms with van der Waals surface area (Å²) in [6, 6.07) is 0. The second-order valence-electron chi connectivity index (χ2n) is 6.42. The zero-order valence-electron chi connectivity index (χ0n) is 14.1. The zero-order chi connectivity index (χ0) is 16.7. The number of halogens is 1. The Bertz CT molecular complexity index is 506. The molecule has 1 saturated carbocycles. The largest absolute Gasteiger partial charge is 0.324 e. The molecule has 0 unspecified atom stereocenters. The molecule has 0 aromatic rings. The van der Waals surface area contributed by atoms with Crippen LogP contribution < -0.4 is 5.32 Å². The van der Waals surface area contributed by atoms with Gasteiger partial charge in [0.2, 0.25) is 0 Å². The minimum absolute atomic E-state index is 0.0939. The highest BCUT2D eigenvalue weighted by atomic mass is 19.1. The van der Waals surface area contributed by atoms with Crippen LogP contribution in [0.5, 0.6) is 0 Å². The summed E-state index contributed by atoms with van der Waals surface area (Å²) in [5, 5.41) is 2.54. The van der Waals surface area contributed by atoms with Gasteiger partial charge in [-0.05, 0) is 45.1 Å². The third kappa shape index (κ3) is 6.42. The lowest BCUT2D eigenvalue weighted by Gasteiger charge is -2.15. The molecule has 1 rings (SSSR count). The molecule has 0 heterocycles. The van der Waals surface area contributed by atoms with Crippen LogP contribution in [0.2, 0.25) is 0 Å². The first-order valence-electron chi connectivity index (χ1n) is 7.94. The molecule has 0 aromatic heterocycles. The summed E-state index contributed by atoms with van der Waals surface area (Å²) >= 11 is 0. The number of nitrogens with one attached hydrogen (secondary N) is 1. The smallest absolute Gasteiger partial charge is 0.255 e. The average Bonchev–Trinajstić information content (AvgIpc) is 3.21. The van der Waals surface area contributed by atoms with Crippen molar-refractivity contribution in [2.24, 2.45) is 5.92 Å². The van der Waals surface area contributed by atoms with Crippen LogP contribution in [0.1, 0.15) is 52.9 Å². The van der Waals surface area contributed by atoms with Crippen molar-refractivity contribution < 1.29 is 9.18 Å². The predicted molar refractivity (Wildman–Crippen MR) is 91.1 cm³/mol. The van der Waals surface area contributed by atoms with E-state index in [9.17, 15) is 9.18 Å². The lowest BCUT2D eigenvalue weighted by atomic mass is 9.93. The van der Waals surface area contributed by atoms with Gasteiger partial charge in [-0.1, -0.05) is 49.6 Å². The molecule has 0 bridgehead atoms. The Kier molecular flexibility index (Phi) is 7.30. The minimum Gasteiger partial charge on any atom is -0.324 e. The Labute approximate surface area is 133 Å². The maximum atomic E-state index is 12.6. The number of allylic oxidation sites excluding steroid dienone is 4.